The van der Waals surface area contributed by atoms with Gasteiger partial charge in [-0.25, -0.2) is 0 Å². The Kier molecular flexibility index (Phi) is 6.90. The van der Waals surface area contributed by atoms with Gasteiger partial charge in [-0.2, -0.15) is 0 Å². The van der Waals surface area contributed by atoms with Gasteiger partial charge in [-0.05, 0) is 39.9 Å². The van der Waals surface area contributed by atoms with E-state index in [9.17, 15) is 14.4 Å². The zero-order valence-electron chi connectivity index (χ0n) is 16.9. The van der Waals surface area contributed by atoms with Crippen LogP contribution in [0.25, 0.3) is 0 Å². The number of rotatable bonds is 5. The Morgan fingerprint density at radius 3 is 2.64 bits per heavy atom. The lowest BCUT2D eigenvalue weighted by Gasteiger charge is -2.41. The Labute approximate surface area is 166 Å². The molecule has 3 aliphatic rings. The molecule has 1 N–H and O–H groups in total. The zero-order chi connectivity index (χ0) is 20.1. The molecule has 0 aliphatic carbocycles. The van der Waals surface area contributed by atoms with Gasteiger partial charge >= 0.3 is 0 Å². The van der Waals surface area contributed by atoms with E-state index in [1.807, 2.05) is 6.92 Å². The molecular formula is C19H32N4O5. The van der Waals surface area contributed by atoms with E-state index < -0.39 is 5.60 Å². The monoisotopic (exact) mass is 396 g/mol. The number of nitrogens with zero attached hydrogens (tertiary/aromatic N) is 3. The number of amides is 3. The van der Waals surface area contributed by atoms with E-state index in [2.05, 4.69) is 17.3 Å². The minimum absolute atomic E-state index is 0.0388. The highest BCUT2D eigenvalue weighted by molar-refractivity contribution is 5.85. The van der Waals surface area contributed by atoms with E-state index >= 15 is 0 Å². The smallest absolute Gasteiger partial charge is 0.249 e. The molecule has 28 heavy (non-hydrogen) atoms. The minimum atomic E-state index is -0.621. The van der Waals surface area contributed by atoms with Gasteiger partial charge in [-0.3, -0.25) is 14.4 Å². The maximum absolute atomic E-state index is 12.7. The number of ether oxygens (including phenoxy) is 2. The van der Waals surface area contributed by atoms with Gasteiger partial charge in [0.15, 0.2) is 0 Å². The Bertz CT molecular complexity index is 593. The van der Waals surface area contributed by atoms with Crippen LogP contribution < -0.4 is 5.32 Å². The molecule has 3 aliphatic heterocycles. The summed E-state index contributed by atoms with van der Waals surface area (Å²) in [4.78, 5) is 42.5. The van der Waals surface area contributed by atoms with Crippen LogP contribution in [-0.2, 0) is 23.9 Å². The molecule has 0 saturated carbocycles. The highest BCUT2D eigenvalue weighted by atomic mass is 16.5. The zero-order valence-corrected chi connectivity index (χ0v) is 16.9. The number of carbonyl (C=O) groups excluding carboxylic acids is 3. The summed E-state index contributed by atoms with van der Waals surface area (Å²) >= 11 is 0. The number of piperidine rings is 1. The Morgan fingerprint density at radius 2 is 1.93 bits per heavy atom. The summed E-state index contributed by atoms with van der Waals surface area (Å²) < 4.78 is 11.0. The maximum Gasteiger partial charge on any atom is 0.249 e. The van der Waals surface area contributed by atoms with Crippen molar-refractivity contribution in [2.24, 2.45) is 5.92 Å². The van der Waals surface area contributed by atoms with Crippen LogP contribution in [0.3, 0.4) is 0 Å². The topological polar surface area (TPSA) is 91.4 Å². The van der Waals surface area contributed by atoms with Crippen LogP contribution >= 0.6 is 0 Å². The van der Waals surface area contributed by atoms with Crippen LogP contribution in [-0.4, -0.2) is 111 Å². The molecule has 0 aromatic heterocycles. The van der Waals surface area contributed by atoms with Crippen LogP contribution in [0.2, 0.25) is 0 Å². The molecule has 3 saturated heterocycles. The fraction of sp³-hybridized carbons (Fsp3) is 0.842. The SMILES string of the molecule is CN1CCC(C(=O)NCC2(C)CN(C(=O)CN3CCOCC3=O)CCO2)CC1. The van der Waals surface area contributed by atoms with E-state index in [0.29, 0.717) is 39.4 Å². The van der Waals surface area contributed by atoms with Crippen LogP contribution in [0.1, 0.15) is 19.8 Å². The van der Waals surface area contributed by atoms with Crippen molar-refractivity contribution >= 4 is 17.7 Å². The second-order valence-electron chi connectivity index (χ2n) is 8.28. The highest BCUT2D eigenvalue weighted by Gasteiger charge is 2.36. The van der Waals surface area contributed by atoms with Gasteiger partial charge in [0.2, 0.25) is 17.7 Å². The number of likely N-dealkylation sites (tertiary alicyclic amines) is 1. The molecule has 3 heterocycles. The molecule has 9 nitrogen and oxygen atoms in total. The molecular weight excluding hydrogens is 364 g/mol. The number of hydrogen-bond donors (Lipinski definition) is 1. The van der Waals surface area contributed by atoms with Crippen molar-refractivity contribution in [1.82, 2.24) is 20.0 Å². The lowest BCUT2D eigenvalue weighted by atomic mass is 9.95. The van der Waals surface area contributed by atoms with Crippen molar-refractivity contribution in [3.05, 3.63) is 0 Å². The van der Waals surface area contributed by atoms with Gasteiger partial charge in [0.1, 0.15) is 12.2 Å². The molecule has 0 spiro atoms. The quantitative estimate of drug-likeness (QED) is 0.636. The van der Waals surface area contributed by atoms with Gasteiger partial charge in [0.25, 0.3) is 0 Å². The number of morpholine rings is 2. The Hall–Kier alpha value is -1.71. The fourth-order valence-electron chi connectivity index (χ4n) is 3.92. The standard InChI is InChI=1S/C19H32N4O5/c1-19(13-20-18(26)15-3-5-21(2)6-4-15)14-23(8-10-28-19)16(24)11-22-7-9-27-12-17(22)25/h15H,3-14H2,1-2H3,(H,20,26). The van der Waals surface area contributed by atoms with Gasteiger partial charge in [0, 0.05) is 25.6 Å². The largest absolute Gasteiger partial charge is 0.370 e. The normalized spacial score (nSPS) is 27.7. The third-order valence-corrected chi connectivity index (χ3v) is 5.83. The Morgan fingerprint density at radius 1 is 1.18 bits per heavy atom. The molecule has 0 bridgehead atoms. The predicted molar refractivity (Wildman–Crippen MR) is 102 cm³/mol. The molecule has 1 atom stereocenters. The molecule has 1 unspecified atom stereocenters. The Balaban J connectivity index is 1.47. The van der Waals surface area contributed by atoms with E-state index in [4.69, 9.17) is 9.47 Å². The molecule has 3 amide bonds. The molecule has 0 aromatic carbocycles. The first-order valence-corrected chi connectivity index (χ1v) is 10.1. The van der Waals surface area contributed by atoms with Gasteiger partial charge in [-0.1, -0.05) is 0 Å². The summed E-state index contributed by atoms with van der Waals surface area (Å²) in [5.41, 5.74) is -0.621. The maximum atomic E-state index is 12.7. The van der Waals surface area contributed by atoms with E-state index in [1.165, 1.54) is 0 Å². The number of hydrogen-bond acceptors (Lipinski definition) is 6. The third kappa shape index (κ3) is 5.42. The van der Waals surface area contributed by atoms with Gasteiger partial charge in [-0.15, -0.1) is 0 Å². The van der Waals surface area contributed by atoms with Gasteiger partial charge < -0.3 is 29.5 Å². The van der Waals surface area contributed by atoms with Crippen LogP contribution in [0, 0.1) is 5.92 Å². The average molecular weight is 396 g/mol. The van der Waals surface area contributed by atoms with Crippen molar-refractivity contribution in [2.75, 3.05) is 72.7 Å². The van der Waals surface area contributed by atoms with Crippen LogP contribution in [0.15, 0.2) is 0 Å². The molecule has 3 fully saturated rings. The lowest BCUT2D eigenvalue weighted by molar-refractivity contribution is -0.156. The third-order valence-electron chi connectivity index (χ3n) is 5.83. The summed E-state index contributed by atoms with van der Waals surface area (Å²) in [6.07, 6.45) is 1.75. The number of carbonyl (C=O) groups is 3. The van der Waals surface area contributed by atoms with Crippen LogP contribution in [0.4, 0.5) is 0 Å². The summed E-state index contributed by atoms with van der Waals surface area (Å²) in [5.74, 6) is -0.124. The van der Waals surface area contributed by atoms with Gasteiger partial charge in [0.05, 0.1) is 26.3 Å². The second-order valence-corrected chi connectivity index (χ2v) is 8.28. The van der Waals surface area contributed by atoms with Crippen molar-refractivity contribution in [3.8, 4) is 0 Å². The predicted octanol–water partition coefficient (Wildman–Crippen LogP) is -1.08. The first kappa shape index (κ1) is 21.0. The molecule has 3 rings (SSSR count). The minimum Gasteiger partial charge on any atom is -0.370 e. The van der Waals surface area contributed by atoms with Crippen molar-refractivity contribution in [3.63, 3.8) is 0 Å². The molecule has 0 radical (unpaired) electrons. The van der Waals surface area contributed by atoms with Crippen molar-refractivity contribution in [1.29, 1.82) is 0 Å². The van der Waals surface area contributed by atoms with E-state index in [1.54, 1.807) is 9.80 Å². The second kappa shape index (κ2) is 9.19. The van der Waals surface area contributed by atoms with Crippen LogP contribution in [0.5, 0.6) is 0 Å². The van der Waals surface area contributed by atoms with Crippen molar-refractivity contribution < 1.29 is 23.9 Å². The van der Waals surface area contributed by atoms with E-state index in [-0.39, 0.29) is 36.8 Å². The number of nitrogens with one attached hydrogen (secondary N) is 1. The lowest BCUT2D eigenvalue weighted by Crippen LogP contribution is -2.59. The summed E-state index contributed by atoms with van der Waals surface area (Å²) in [6, 6.07) is 0. The summed E-state index contributed by atoms with van der Waals surface area (Å²) in [7, 11) is 2.07. The summed E-state index contributed by atoms with van der Waals surface area (Å²) in [6.45, 7) is 6.50. The molecule has 9 heteroatoms. The highest BCUT2D eigenvalue weighted by Crippen LogP contribution is 2.19. The summed E-state index contributed by atoms with van der Waals surface area (Å²) in [5, 5.41) is 3.02. The molecule has 158 valence electrons. The fourth-order valence-corrected chi connectivity index (χ4v) is 3.92. The van der Waals surface area contributed by atoms with Crippen molar-refractivity contribution in [2.45, 2.75) is 25.4 Å². The average Bonchev–Trinajstić information content (AvgIpc) is 2.68. The molecule has 0 aromatic rings. The first-order chi connectivity index (χ1) is 13.4. The first-order valence-electron chi connectivity index (χ1n) is 10.1. The van der Waals surface area contributed by atoms with E-state index in [0.717, 1.165) is 25.9 Å².